The first kappa shape index (κ1) is 28.7. The molecule has 39 heavy (non-hydrogen) atoms. The molecule has 4 rings (SSSR count). The first-order valence-electron chi connectivity index (χ1n) is 11.4. The Morgan fingerprint density at radius 3 is 2.18 bits per heavy atom. The number of halogens is 8. The average molecular weight is 591 g/mol. The second-order valence-corrected chi connectivity index (χ2v) is 9.68. The number of carbonyl (C=O) groups excluding carboxylic acids is 2. The van der Waals surface area contributed by atoms with Crippen molar-refractivity contribution in [3.05, 3.63) is 81.3 Å². The van der Waals surface area contributed by atoms with E-state index in [-0.39, 0.29) is 38.9 Å². The zero-order chi connectivity index (χ0) is 28.6. The highest BCUT2D eigenvalue weighted by Gasteiger charge is 2.62. The number of Topliss-reactive ketones (excluding diaryl/α,β-unsaturated/α-hetero) is 1. The lowest BCUT2D eigenvalue weighted by atomic mass is 9.85. The number of carbonyl (C=O) groups is 2. The number of hydrogen-bond acceptors (Lipinski definition) is 4. The fraction of sp³-hybridized carbons (Fsp3) is 0.269. The zero-order valence-electron chi connectivity index (χ0n) is 19.7. The number of nitrogens with one attached hydrogen (secondary N) is 1. The van der Waals surface area contributed by atoms with E-state index in [1.54, 1.807) is 29.6 Å². The molecule has 5 nitrogen and oxygen atoms in total. The molecule has 0 saturated carbocycles. The molecule has 3 aromatic rings. The Labute approximate surface area is 227 Å². The smallest absolute Gasteiger partial charge is 0.374 e. The van der Waals surface area contributed by atoms with Crippen molar-refractivity contribution >= 4 is 51.4 Å². The molecule has 1 unspecified atom stereocenters. The van der Waals surface area contributed by atoms with Crippen LogP contribution in [0.4, 0.5) is 26.3 Å². The first-order valence-corrected chi connectivity index (χ1v) is 12.1. The van der Waals surface area contributed by atoms with Gasteiger partial charge in [-0.25, -0.2) is 0 Å². The van der Waals surface area contributed by atoms with Gasteiger partial charge in [0, 0.05) is 46.0 Å². The van der Waals surface area contributed by atoms with Crippen molar-refractivity contribution < 1.29 is 40.8 Å². The Bertz CT molecular complexity index is 1450. The Morgan fingerprint density at radius 2 is 1.56 bits per heavy atom. The molecule has 1 aliphatic rings. The quantitative estimate of drug-likeness (QED) is 0.231. The standard InChI is InChI=1S/C26H18Cl2F6N2O3/c27-15-9-14(10-16(28)11-15)24(26(32,33)34)12-21(36-39-24)19-5-6-20(18-4-2-1-3-17(18)19)22(37)7-8-23(38)35-13-25(29,30)31/h1-6,9-11H,7-8,12-13H2,(H,35,38). The van der Waals surface area contributed by atoms with Gasteiger partial charge in [0.1, 0.15) is 6.54 Å². The van der Waals surface area contributed by atoms with E-state index in [4.69, 9.17) is 28.0 Å². The van der Waals surface area contributed by atoms with Crippen molar-refractivity contribution in [1.29, 1.82) is 0 Å². The van der Waals surface area contributed by atoms with Crippen LogP contribution < -0.4 is 5.32 Å². The van der Waals surface area contributed by atoms with Gasteiger partial charge in [-0.15, -0.1) is 0 Å². The number of amides is 1. The van der Waals surface area contributed by atoms with Gasteiger partial charge in [-0.3, -0.25) is 9.59 Å². The predicted octanol–water partition coefficient (Wildman–Crippen LogP) is 7.37. The molecule has 3 aromatic carbocycles. The molecule has 1 N–H and O–H groups in total. The lowest BCUT2D eigenvalue weighted by Crippen LogP contribution is -2.42. The Morgan fingerprint density at radius 1 is 0.923 bits per heavy atom. The molecular formula is C26H18Cl2F6N2O3. The highest BCUT2D eigenvalue weighted by molar-refractivity contribution is 6.34. The lowest BCUT2D eigenvalue weighted by Gasteiger charge is -2.29. The summed E-state index contributed by atoms with van der Waals surface area (Å²) in [6.45, 7) is -1.51. The van der Waals surface area contributed by atoms with Crippen LogP contribution in [0.3, 0.4) is 0 Å². The van der Waals surface area contributed by atoms with Crippen LogP contribution in [0, 0.1) is 0 Å². The summed E-state index contributed by atoms with van der Waals surface area (Å²) >= 11 is 11.9. The summed E-state index contributed by atoms with van der Waals surface area (Å²) in [5, 5.41) is 6.20. The molecule has 1 aliphatic heterocycles. The third-order valence-corrected chi connectivity index (χ3v) is 6.55. The third-order valence-electron chi connectivity index (χ3n) is 6.12. The van der Waals surface area contributed by atoms with E-state index < -0.39 is 49.0 Å². The van der Waals surface area contributed by atoms with E-state index in [1.807, 2.05) is 0 Å². The summed E-state index contributed by atoms with van der Waals surface area (Å²) in [5.41, 5.74) is -2.78. The number of alkyl halides is 6. The molecule has 0 aliphatic carbocycles. The van der Waals surface area contributed by atoms with Gasteiger partial charge in [-0.05, 0) is 29.0 Å². The second kappa shape index (κ2) is 10.7. The molecule has 13 heteroatoms. The van der Waals surface area contributed by atoms with E-state index in [0.29, 0.717) is 10.8 Å². The summed E-state index contributed by atoms with van der Waals surface area (Å²) in [5.74, 6) is -1.47. The Balaban J connectivity index is 1.62. The predicted molar refractivity (Wildman–Crippen MR) is 133 cm³/mol. The molecule has 0 fully saturated rings. The van der Waals surface area contributed by atoms with E-state index in [1.165, 1.54) is 18.2 Å². The number of rotatable bonds is 7. The fourth-order valence-corrected chi connectivity index (χ4v) is 4.80. The summed E-state index contributed by atoms with van der Waals surface area (Å²) < 4.78 is 80.0. The maximum atomic E-state index is 14.4. The van der Waals surface area contributed by atoms with Crippen LogP contribution in [-0.2, 0) is 15.2 Å². The number of hydrogen-bond donors (Lipinski definition) is 1. The molecule has 1 atom stereocenters. The molecule has 0 radical (unpaired) electrons. The van der Waals surface area contributed by atoms with Crippen molar-refractivity contribution in [2.75, 3.05) is 6.54 Å². The van der Waals surface area contributed by atoms with Crippen molar-refractivity contribution in [1.82, 2.24) is 5.32 Å². The van der Waals surface area contributed by atoms with Crippen molar-refractivity contribution in [3.63, 3.8) is 0 Å². The highest BCUT2D eigenvalue weighted by Crippen LogP contribution is 2.50. The van der Waals surface area contributed by atoms with Crippen LogP contribution in [0.5, 0.6) is 0 Å². The van der Waals surface area contributed by atoms with Crippen LogP contribution >= 0.6 is 23.2 Å². The van der Waals surface area contributed by atoms with Crippen LogP contribution in [0.1, 0.15) is 40.7 Å². The van der Waals surface area contributed by atoms with Crippen molar-refractivity contribution in [2.45, 2.75) is 37.2 Å². The minimum Gasteiger partial charge on any atom is -0.374 e. The van der Waals surface area contributed by atoms with Gasteiger partial charge in [0.2, 0.25) is 5.91 Å². The van der Waals surface area contributed by atoms with E-state index in [2.05, 4.69) is 5.16 Å². The van der Waals surface area contributed by atoms with E-state index >= 15 is 0 Å². The Hall–Kier alpha value is -3.31. The zero-order valence-corrected chi connectivity index (χ0v) is 21.2. The topological polar surface area (TPSA) is 67.8 Å². The van der Waals surface area contributed by atoms with Gasteiger partial charge in [-0.2, -0.15) is 26.3 Å². The van der Waals surface area contributed by atoms with Gasteiger partial charge in [-0.1, -0.05) is 64.8 Å². The van der Waals surface area contributed by atoms with Gasteiger partial charge in [0.25, 0.3) is 5.60 Å². The van der Waals surface area contributed by atoms with Crippen LogP contribution in [0.25, 0.3) is 10.8 Å². The van der Waals surface area contributed by atoms with Gasteiger partial charge < -0.3 is 10.2 Å². The lowest BCUT2D eigenvalue weighted by molar-refractivity contribution is -0.275. The first-order chi connectivity index (χ1) is 18.2. The van der Waals surface area contributed by atoms with Crippen molar-refractivity contribution in [3.8, 4) is 0 Å². The number of ketones is 1. The summed E-state index contributed by atoms with van der Waals surface area (Å²) in [6.07, 6.45) is -11.0. The van der Waals surface area contributed by atoms with Crippen LogP contribution in [0.15, 0.2) is 59.8 Å². The van der Waals surface area contributed by atoms with Crippen LogP contribution in [-0.4, -0.2) is 36.3 Å². The molecule has 1 heterocycles. The maximum Gasteiger partial charge on any atom is 0.435 e. The monoisotopic (exact) mass is 590 g/mol. The highest BCUT2D eigenvalue weighted by atomic mass is 35.5. The minimum absolute atomic E-state index is 0.0152. The fourth-order valence-electron chi connectivity index (χ4n) is 4.28. The molecule has 0 aromatic heterocycles. The van der Waals surface area contributed by atoms with Gasteiger partial charge >= 0.3 is 12.4 Å². The number of oxime groups is 1. The van der Waals surface area contributed by atoms with E-state index in [9.17, 15) is 35.9 Å². The molecule has 0 bridgehead atoms. The Kier molecular flexibility index (Phi) is 7.86. The largest absolute Gasteiger partial charge is 0.435 e. The summed E-state index contributed by atoms with van der Waals surface area (Å²) in [4.78, 5) is 29.6. The second-order valence-electron chi connectivity index (χ2n) is 8.81. The summed E-state index contributed by atoms with van der Waals surface area (Å²) in [7, 11) is 0. The van der Waals surface area contributed by atoms with Gasteiger partial charge in [0.15, 0.2) is 5.78 Å². The number of nitrogens with zero attached hydrogens (tertiary/aromatic N) is 1. The molecular weight excluding hydrogens is 573 g/mol. The SMILES string of the molecule is O=C(CCC(=O)c1ccc(C2=NOC(c3cc(Cl)cc(Cl)c3)(C(F)(F)F)C2)c2ccccc12)NCC(F)(F)F. The number of benzene rings is 3. The van der Waals surface area contributed by atoms with Crippen molar-refractivity contribution in [2.24, 2.45) is 5.16 Å². The van der Waals surface area contributed by atoms with Gasteiger partial charge in [0.05, 0.1) is 5.71 Å². The maximum absolute atomic E-state index is 14.4. The summed E-state index contributed by atoms with van der Waals surface area (Å²) in [6, 6.07) is 12.7. The van der Waals surface area contributed by atoms with Crippen LogP contribution in [0.2, 0.25) is 10.0 Å². The third kappa shape index (κ3) is 6.14. The molecule has 0 spiro atoms. The molecule has 0 saturated heterocycles. The molecule has 206 valence electrons. The van der Waals surface area contributed by atoms with E-state index in [0.717, 1.165) is 12.1 Å². The molecule has 1 amide bonds. The minimum atomic E-state index is -4.90. The number of fused-ring (bicyclic) bond motifs is 1. The average Bonchev–Trinajstić information content (AvgIpc) is 3.31. The normalized spacial score (nSPS) is 17.6.